The molecule has 30 heavy (non-hydrogen) atoms. The number of ether oxygens (including phenoxy) is 1. The molecule has 0 saturated carbocycles. The lowest BCUT2D eigenvalue weighted by Crippen LogP contribution is -2.26. The molecular formula is C20H19Cl2N5O3. The minimum atomic E-state index is -0.528. The normalized spacial score (nSPS) is 10.5. The van der Waals surface area contributed by atoms with Gasteiger partial charge in [-0.3, -0.25) is 9.59 Å². The predicted octanol–water partition coefficient (Wildman–Crippen LogP) is 3.97. The van der Waals surface area contributed by atoms with Gasteiger partial charge in [0.25, 0.3) is 11.8 Å². The van der Waals surface area contributed by atoms with Crippen molar-refractivity contribution < 1.29 is 14.3 Å². The van der Waals surface area contributed by atoms with E-state index in [1.165, 1.54) is 30.1 Å². The second-order valence-corrected chi connectivity index (χ2v) is 7.04. The van der Waals surface area contributed by atoms with E-state index in [9.17, 15) is 9.59 Å². The van der Waals surface area contributed by atoms with Crippen molar-refractivity contribution >= 4 is 40.7 Å². The number of halogens is 2. The molecule has 0 bridgehead atoms. The Morgan fingerprint density at radius 1 is 1.17 bits per heavy atom. The second-order valence-electron chi connectivity index (χ2n) is 6.19. The molecule has 156 valence electrons. The Bertz CT molecular complexity index is 1080. The summed E-state index contributed by atoms with van der Waals surface area (Å²) >= 11 is 12.3. The maximum Gasteiger partial charge on any atom is 0.274 e. The SMILES string of the molecule is CCCNC(=O)c1cc(Cl)ccc1NC(=O)c1cc(OC)nn1-c1ncccc1Cl. The average Bonchev–Trinajstić information content (AvgIpc) is 3.18. The van der Waals surface area contributed by atoms with E-state index >= 15 is 0 Å². The van der Waals surface area contributed by atoms with Gasteiger partial charge in [0.05, 0.1) is 23.4 Å². The molecular weight excluding hydrogens is 429 g/mol. The summed E-state index contributed by atoms with van der Waals surface area (Å²) in [6.07, 6.45) is 2.31. The summed E-state index contributed by atoms with van der Waals surface area (Å²) in [5.41, 5.74) is 0.678. The van der Waals surface area contributed by atoms with Gasteiger partial charge in [0.2, 0.25) is 5.88 Å². The highest BCUT2D eigenvalue weighted by Crippen LogP contribution is 2.25. The maximum atomic E-state index is 13.1. The van der Waals surface area contributed by atoms with E-state index in [-0.39, 0.29) is 28.9 Å². The van der Waals surface area contributed by atoms with Gasteiger partial charge in [-0.1, -0.05) is 30.1 Å². The standard InChI is InChI=1S/C20H19Cl2N5O3/c1-3-8-24-19(28)13-10-12(21)6-7-15(13)25-20(29)16-11-17(30-2)26-27(16)18-14(22)5-4-9-23-18/h4-7,9-11H,3,8H2,1-2H3,(H,24,28)(H,25,29). The Kier molecular flexibility index (Phi) is 6.91. The van der Waals surface area contributed by atoms with Crippen LogP contribution in [-0.2, 0) is 0 Å². The Morgan fingerprint density at radius 2 is 1.97 bits per heavy atom. The van der Waals surface area contributed by atoms with Crippen LogP contribution in [-0.4, -0.2) is 40.2 Å². The number of amides is 2. The van der Waals surface area contributed by atoms with Gasteiger partial charge in [0.15, 0.2) is 5.82 Å². The molecule has 3 rings (SSSR count). The number of benzene rings is 1. The number of anilines is 1. The van der Waals surface area contributed by atoms with E-state index in [0.29, 0.717) is 22.3 Å². The molecule has 2 N–H and O–H groups in total. The van der Waals surface area contributed by atoms with Crippen LogP contribution in [0.25, 0.3) is 5.82 Å². The quantitative estimate of drug-likeness (QED) is 0.570. The van der Waals surface area contributed by atoms with Gasteiger partial charge >= 0.3 is 0 Å². The zero-order valence-corrected chi connectivity index (χ0v) is 17.8. The summed E-state index contributed by atoms with van der Waals surface area (Å²) in [6.45, 7) is 2.44. The fraction of sp³-hybridized carbons (Fsp3) is 0.200. The van der Waals surface area contributed by atoms with E-state index in [0.717, 1.165) is 6.42 Å². The number of hydrogen-bond donors (Lipinski definition) is 2. The monoisotopic (exact) mass is 447 g/mol. The number of pyridine rings is 1. The molecule has 0 fully saturated rings. The minimum Gasteiger partial charge on any atom is -0.480 e. The molecule has 0 unspecified atom stereocenters. The second kappa shape index (κ2) is 9.60. The lowest BCUT2D eigenvalue weighted by Gasteiger charge is -2.12. The Balaban J connectivity index is 1.97. The summed E-state index contributed by atoms with van der Waals surface area (Å²) in [7, 11) is 1.43. The molecule has 0 saturated heterocycles. The van der Waals surface area contributed by atoms with Crippen molar-refractivity contribution in [3.63, 3.8) is 0 Å². The number of nitrogens with one attached hydrogen (secondary N) is 2. The van der Waals surface area contributed by atoms with Gasteiger partial charge in [0.1, 0.15) is 5.69 Å². The van der Waals surface area contributed by atoms with Crippen molar-refractivity contribution in [1.82, 2.24) is 20.1 Å². The van der Waals surface area contributed by atoms with Gasteiger partial charge < -0.3 is 15.4 Å². The minimum absolute atomic E-state index is 0.127. The molecule has 2 amide bonds. The molecule has 2 aromatic heterocycles. The molecule has 3 aromatic rings. The largest absolute Gasteiger partial charge is 0.480 e. The third kappa shape index (κ3) is 4.72. The van der Waals surface area contributed by atoms with Crippen molar-refractivity contribution in [3.05, 3.63) is 63.9 Å². The Labute approximate surface area is 183 Å². The zero-order chi connectivity index (χ0) is 21.7. The Hall–Kier alpha value is -3.10. The van der Waals surface area contributed by atoms with Gasteiger partial charge in [-0.15, -0.1) is 5.10 Å². The van der Waals surface area contributed by atoms with Crippen LogP contribution in [0.3, 0.4) is 0 Å². The number of carbonyl (C=O) groups is 2. The fourth-order valence-electron chi connectivity index (χ4n) is 2.65. The van der Waals surface area contributed by atoms with Crippen LogP contribution in [0.4, 0.5) is 5.69 Å². The third-order valence-corrected chi connectivity index (χ3v) is 4.61. The maximum absolute atomic E-state index is 13.1. The molecule has 0 aliphatic heterocycles. The fourth-order valence-corrected chi connectivity index (χ4v) is 3.02. The van der Waals surface area contributed by atoms with Crippen LogP contribution in [0.1, 0.15) is 34.2 Å². The molecule has 0 atom stereocenters. The molecule has 1 aromatic carbocycles. The highest BCUT2D eigenvalue weighted by molar-refractivity contribution is 6.32. The first-order valence-electron chi connectivity index (χ1n) is 9.08. The summed E-state index contributed by atoms with van der Waals surface area (Å²) in [5, 5.41) is 10.4. The number of hydrogen-bond acceptors (Lipinski definition) is 5. The van der Waals surface area contributed by atoms with E-state index in [4.69, 9.17) is 27.9 Å². The summed E-state index contributed by atoms with van der Waals surface area (Å²) in [6, 6.07) is 9.40. The van der Waals surface area contributed by atoms with Crippen LogP contribution in [0.5, 0.6) is 5.88 Å². The smallest absolute Gasteiger partial charge is 0.274 e. The molecule has 0 aliphatic rings. The van der Waals surface area contributed by atoms with Gasteiger partial charge in [-0.25, -0.2) is 9.67 Å². The lowest BCUT2D eigenvalue weighted by atomic mass is 10.1. The highest BCUT2D eigenvalue weighted by Gasteiger charge is 2.22. The number of aromatic nitrogens is 3. The number of methoxy groups -OCH3 is 1. The number of rotatable bonds is 7. The van der Waals surface area contributed by atoms with Crippen LogP contribution in [0, 0.1) is 0 Å². The molecule has 0 aliphatic carbocycles. The molecule has 8 nitrogen and oxygen atoms in total. The first-order chi connectivity index (χ1) is 14.4. The van der Waals surface area contributed by atoms with Crippen molar-refractivity contribution in [2.45, 2.75) is 13.3 Å². The van der Waals surface area contributed by atoms with E-state index in [2.05, 4.69) is 20.7 Å². The molecule has 2 heterocycles. The number of nitrogens with zero attached hydrogens (tertiary/aromatic N) is 3. The van der Waals surface area contributed by atoms with E-state index in [1.54, 1.807) is 24.3 Å². The summed E-state index contributed by atoms with van der Waals surface area (Å²) < 4.78 is 6.44. The number of carbonyl (C=O) groups excluding carboxylic acids is 2. The van der Waals surface area contributed by atoms with Crippen molar-refractivity contribution in [2.24, 2.45) is 0 Å². The Morgan fingerprint density at radius 3 is 2.67 bits per heavy atom. The van der Waals surface area contributed by atoms with Crippen molar-refractivity contribution in [3.8, 4) is 11.7 Å². The van der Waals surface area contributed by atoms with Crippen molar-refractivity contribution in [1.29, 1.82) is 0 Å². The van der Waals surface area contributed by atoms with Crippen molar-refractivity contribution in [2.75, 3.05) is 19.0 Å². The first kappa shape index (κ1) is 21.6. The van der Waals surface area contributed by atoms with Crippen LogP contribution >= 0.6 is 23.2 Å². The first-order valence-corrected chi connectivity index (χ1v) is 9.84. The van der Waals surface area contributed by atoms with E-state index < -0.39 is 5.91 Å². The van der Waals surface area contributed by atoms with E-state index in [1.807, 2.05) is 6.92 Å². The van der Waals surface area contributed by atoms with Gasteiger partial charge in [-0.2, -0.15) is 0 Å². The summed E-state index contributed by atoms with van der Waals surface area (Å²) in [5.74, 6) is -0.392. The highest BCUT2D eigenvalue weighted by atomic mass is 35.5. The molecule has 0 spiro atoms. The van der Waals surface area contributed by atoms with Gasteiger partial charge in [0, 0.05) is 23.8 Å². The average molecular weight is 448 g/mol. The van der Waals surface area contributed by atoms with Crippen LogP contribution in [0.2, 0.25) is 10.0 Å². The molecule has 10 heteroatoms. The lowest BCUT2D eigenvalue weighted by molar-refractivity contribution is 0.0954. The predicted molar refractivity (Wildman–Crippen MR) is 115 cm³/mol. The van der Waals surface area contributed by atoms with Gasteiger partial charge in [-0.05, 0) is 36.8 Å². The van der Waals surface area contributed by atoms with Crippen LogP contribution < -0.4 is 15.4 Å². The third-order valence-electron chi connectivity index (χ3n) is 4.08. The molecule has 0 radical (unpaired) electrons. The summed E-state index contributed by atoms with van der Waals surface area (Å²) in [4.78, 5) is 29.7. The zero-order valence-electron chi connectivity index (χ0n) is 16.3. The topological polar surface area (TPSA) is 98.1 Å². The van der Waals surface area contributed by atoms with Crippen LogP contribution in [0.15, 0.2) is 42.6 Å².